The first-order valence-corrected chi connectivity index (χ1v) is 7.41. The molecule has 3 aromatic carbocycles. The number of hydrogen-bond donors (Lipinski definition) is 0. The van der Waals surface area contributed by atoms with Gasteiger partial charge in [0.15, 0.2) is 23.0 Å². The number of methoxy groups -OCH3 is 1. The van der Waals surface area contributed by atoms with Crippen LogP contribution in [0.25, 0.3) is 0 Å². The molecule has 0 spiro atoms. The third-order valence-corrected chi connectivity index (χ3v) is 4.12. The Morgan fingerprint density at radius 1 is 0.739 bits per heavy atom. The zero-order valence-electron chi connectivity index (χ0n) is 12.4. The molecular formula is C19H13NO3. The molecule has 0 amide bonds. The zero-order chi connectivity index (χ0) is 15.4. The molecule has 2 aliphatic rings. The summed E-state index contributed by atoms with van der Waals surface area (Å²) in [6.45, 7) is 0. The van der Waals surface area contributed by atoms with E-state index in [9.17, 15) is 0 Å². The lowest BCUT2D eigenvalue weighted by atomic mass is 10.1. The Bertz CT molecular complexity index is 865. The maximum absolute atomic E-state index is 6.08. The van der Waals surface area contributed by atoms with Crippen molar-refractivity contribution in [3.05, 3.63) is 60.7 Å². The van der Waals surface area contributed by atoms with E-state index in [0.29, 0.717) is 5.75 Å². The highest BCUT2D eigenvalue weighted by Gasteiger charge is 2.34. The topological polar surface area (TPSA) is 30.9 Å². The van der Waals surface area contributed by atoms with Crippen LogP contribution in [0.4, 0.5) is 17.1 Å². The second kappa shape index (κ2) is 4.43. The van der Waals surface area contributed by atoms with E-state index in [1.165, 1.54) is 0 Å². The SMILES string of the molecule is COc1cc2c3c(c1)Oc1ccccc1N3c1ccccc1O2. The van der Waals surface area contributed by atoms with E-state index in [2.05, 4.69) is 4.90 Å². The molecule has 0 N–H and O–H groups in total. The predicted octanol–water partition coefficient (Wildman–Crippen LogP) is 5.38. The average molecular weight is 303 g/mol. The highest BCUT2D eigenvalue weighted by molar-refractivity contribution is 5.93. The van der Waals surface area contributed by atoms with Crippen molar-refractivity contribution in [1.82, 2.24) is 0 Å². The minimum Gasteiger partial charge on any atom is -0.496 e. The molecule has 4 heteroatoms. The van der Waals surface area contributed by atoms with E-state index in [-0.39, 0.29) is 0 Å². The Morgan fingerprint density at radius 2 is 1.26 bits per heavy atom. The van der Waals surface area contributed by atoms with Crippen LogP contribution in [0.1, 0.15) is 0 Å². The van der Waals surface area contributed by atoms with Crippen molar-refractivity contribution in [2.45, 2.75) is 0 Å². The van der Waals surface area contributed by atoms with Gasteiger partial charge in [0.25, 0.3) is 0 Å². The first kappa shape index (κ1) is 12.4. The summed E-state index contributed by atoms with van der Waals surface area (Å²) in [7, 11) is 1.64. The molecule has 2 heterocycles. The lowest BCUT2D eigenvalue weighted by molar-refractivity contribution is 0.398. The van der Waals surface area contributed by atoms with Gasteiger partial charge in [0.2, 0.25) is 0 Å². The van der Waals surface area contributed by atoms with E-state index in [4.69, 9.17) is 14.2 Å². The van der Waals surface area contributed by atoms with Crippen LogP contribution in [-0.2, 0) is 0 Å². The number of benzene rings is 3. The van der Waals surface area contributed by atoms with Gasteiger partial charge in [-0.1, -0.05) is 24.3 Å². The third-order valence-electron chi connectivity index (χ3n) is 4.12. The Morgan fingerprint density at radius 3 is 1.78 bits per heavy atom. The van der Waals surface area contributed by atoms with Gasteiger partial charge in [-0.2, -0.15) is 0 Å². The summed E-state index contributed by atoms with van der Waals surface area (Å²) in [5.74, 6) is 3.80. The number of fused-ring (bicyclic) bond motifs is 4. The van der Waals surface area contributed by atoms with E-state index in [0.717, 1.165) is 40.1 Å². The van der Waals surface area contributed by atoms with E-state index < -0.39 is 0 Å². The lowest BCUT2D eigenvalue weighted by Gasteiger charge is -2.37. The van der Waals surface area contributed by atoms with Crippen molar-refractivity contribution in [2.24, 2.45) is 0 Å². The summed E-state index contributed by atoms with van der Waals surface area (Å²) in [4.78, 5) is 2.18. The van der Waals surface area contributed by atoms with Crippen LogP contribution in [0, 0.1) is 0 Å². The van der Waals surface area contributed by atoms with Gasteiger partial charge in [-0.05, 0) is 24.3 Å². The minimum absolute atomic E-state index is 0.706. The number of para-hydroxylation sites is 4. The molecule has 4 nitrogen and oxygen atoms in total. The Labute approximate surface area is 133 Å². The summed E-state index contributed by atoms with van der Waals surface area (Å²) in [5, 5.41) is 0. The van der Waals surface area contributed by atoms with Crippen LogP contribution >= 0.6 is 0 Å². The second-order valence-corrected chi connectivity index (χ2v) is 5.45. The first-order chi connectivity index (χ1) is 11.3. The van der Waals surface area contributed by atoms with Crippen molar-refractivity contribution < 1.29 is 14.2 Å². The minimum atomic E-state index is 0.706. The van der Waals surface area contributed by atoms with Crippen LogP contribution in [-0.4, -0.2) is 7.11 Å². The highest BCUT2D eigenvalue weighted by Crippen LogP contribution is 2.60. The number of ether oxygens (including phenoxy) is 3. The quantitative estimate of drug-likeness (QED) is 0.416. The maximum atomic E-state index is 6.08. The van der Waals surface area contributed by atoms with Crippen molar-refractivity contribution in [3.63, 3.8) is 0 Å². The molecule has 0 saturated heterocycles. The number of rotatable bonds is 1. The number of anilines is 3. The maximum Gasteiger partial charge on any atom is 0.159 e. The molecule has 23 heavy (non-hydrogen) atoms. The van der Waals surface area contributed by atoms with Crippen LogP contribution in [0.2, 0.25) is 0 Å². The van der Waals surface area contributed by atoms with E-state index in [1.807, 2.05) is 60.7 Å². The predicted molar refractivity (Wildman–Crippen MR) is 87.8 cm³/mol. The summed E-state index contributed by atoms with van der Waals surface area (Å²) >= 11 is 0. The molecule has 0 atom stereocenters. The van der Waals surface area contributed by atoms with Crippen molar-refractivity contribution >= 4 is 17.1 Å². The third kappa shape index (κ3) is 1.66. The molecule has 0 bridgehead atoms. The first-order valence-electron chi connectivity index (χ1n) is 7.41. The Hall–Kier alpha value is -3.14. The summed E-state index contributed by atoms with van der Waals surface area (Å²) in [6.07, 6.45) is 0. The van der Waals surface area contributed by atoms with Crippen molar-refractivity contribution in [2.75, 3.05) is 12.0 Å². The Balaban J connectivity index is 1.85. The molecule has 5 rings (SSSR count). The van der Waals surface area contributed by atoms with Gasteiger partial charge in [0.1, 0.15) is 11.4 Å². The average Bonchev–Trinajstić information content (AvgIpc) is 2.61. The normalized spacial score (nSPS) is 13.2. The van der Waals surface area contributed by atoms with Gasteiger partial charge in [-0.15, -0.1) is 0 Å². The molecule has 112 valence electrons. The molecule has 3 aromatic rings. The molecule has 0 radical (unpaired) electrons. The zero-order valence-corrected chi connectivity index (χ0v) is 12.4. The lowest BCUT2D eigenvalue weighted by Crippen LogP contribution is -2.20. The number of nitrogens with zero attached hydrogens (tertiary/aromatic N) is 1. The molecule has 0 aromatic heterocycles. The van der Waals surface area contributed by atoms with Crippen LogP contribution < -0.4 is 19.1 Å². The largest absolute Gasteiger partial charge is 0.496 e. The van der Waals surface area contributed by atoms with Crippen molar-refractivity contribution in [3.8, 4) is 28.7 Å². The summed E-state index contributed by atoms with van der Waals surface area (Å²) in [6, 6.07) is 19.8. The number of hydrogen-bond acceptors (Lipinski definition) is 4. The fraction of sp³-hybridized carbons (Fsp3) is 0.0526. The monoisotopic (exact) mass is 303 g/mol. The van der Waals surface area contributed by atoms with Crippen LogP contribution in [0.3, 0.4) is 0 Å². The molecule has 2 aliphatic heterocycles. The molecule has 0 aliphatic carbocycles. The molecule has 0 unspecified atom stereocenters. The van der Waals surface area contributed by atoms with Gasteiger partial charge in [0.05, 0.1) is 18.5 Å². The van der Waals surface area contributed by atoms with Gasteiger partial charge in [0, 0.05) is 12.1 Å². The van der Waals surface area contributed by atoms with Crippen LogP contribution in [0.15, 0.2) is 60.7 Å². The second-order valence-electron chi connectivity index (χ2n) is 5.45. The fourth-order valence-corrected chi connectivity index (χ4v) is 3.12. The van der Waals surface area contributed by atoms with Crippen molar-refractivity contribution in [1.29, 1.82) is 0 Å². The van der Waals surface area contributed by atoms with Gasteiger partial charge >= 0.3 is 0 Å². The van der Waals surface area contributed by atoms with Gasteiger partial charge < -0.3 is 14.2 Å². The van der Waals surface area contributed by atoms with Gasteiger partial charge in [-0.3, -0.25) is 4.90 Å². The molecule has 0 saturated carbocycles. The van der Waals surface area contributed by atoms with E-state index >= 15 is 0 Å². The molecule has 0 fully saturated rings. The standard InChI is InChI=1S/C19H13NO3/c1-21-12-10-17-19-18(11-12)23-16-9-5-3-7-14(16)20(19)13-6-2-4-8-15(13)22-17/h2-11H,1H3. The summed E-state index contributed by atoms with van der Waals surface area (Å²) in [5.41, 5.74) is 2.91. The highest BCUT2D eigenvalue weighted by atomic mass is 16.5. The van der Waals surface area contributed by atoms with Gasteiger partial charge in [-0.25, -0.2) is 0 Å². The smallest absolute Gasteiger partial charge is 0.159 e. The Kier molecular flexibility index (Phi) is 2.39. The van der Waals surface area contributed by atoms with E-state index in [1.54, 1.807) is 7.11 Å². The van der Waals surface area contributed by atoms with Crippen LogP contribution in [0.5, 0.6) is 28.7 Å². The summed E-state index contributed by atoms with van der Waals surface area (Å²) < 4.78 is 17.5. The molecular weight excluding hydrogens is 290 g/mol. The fourth-order valence-electron chi connectivity index (χ4n) is 3.12.